The summed E-state index contributed by atoms with van der Waals surface area (Å²) in [5.41, 5.74) is 0.651. The molecule has 0 aliphatic carbocycles. The van der Waals surface area contributed by atoms with Crippen LogP contribution in [0.3, 0.4) is 0 Å². The zero-order valence-electron chi connectivity index (χ0n) is 12.2. The number of nitrogens with one attached hydrogen (secondary N) is 2. The fraction of sp³-hybridized carbons (Fsp3) is 0.533. The van der Waals surface area contributed by atoms with Crippen LogP contribution >= 0.6 is 0 Å². The second kappa shape index (κ2) is 9.20. The van der Waals surface area contributed by atoms with Gasteiger partial charge in [0.25, 0.3) is 0 Å². The third-order valence-electron chi connectivity index (χ3n) is 2.74. The van der Waals surface area contributed by atoms with Gasteiger partial charge in [-0.3, -0.25) is 0 Å². The molecule has 0 radical (unpaired) electrons. The number of carbonyl (C=O) groups is 1. The molecule has 1 rings (SSSR count). The van der Waals surface area contributed by atoms with Crippen LogP contribution in [-0.4, -0.2) is 30.4 Å². The SMILES string of the molecule is CCCCOc1ccccc1NC(=O)NCCC(C)O. The first kappa shape index (κ1) is 16.3. The number of aliphatic hydroxyl groups excluding tert-OH is 1. The summed E-state index contributed by atoms with van der Waals surface area (Å²) in [4.78, 5) is 11.7. The van der Waals surface area contributed by atoms with Gasteiger partial charge < -0.3 is 20.5 Å². The maximum atomic E-state index is 11.7. The number of hydrogen-bond donors (Lipinski definition) is 3. The van der Waals surface area contributed by atoms with Gasteiger partial charge in [0.15, 0.2) is 0 Å². The van der Waals surface area contributed by atoms with E-state index in [1.807, 2.05) is 18.2 Å². The molecule has 0 fully saturated rings. The van der Waals surface area contributed by atoms with Gasteiger partial charge in [-0.15, -0.1) is 0 Å². The molecule has 0 spiro atoms. The van der Waals surface area contributed by atoms with Crippen LogP contribution < -0.4 is 15.4 Å². The first-order valence-electron chi connectivity index (χ1n) is 7.08. The van der Waals surface area contributed by atoms with E-state index in [1.165, 1.54) is 0 Å². The predicted octanol–water partition coefficient (Wildman–Crippen LogP) is 2.76. The highest BCUT2D eigenvalue weighted by atomic mass is 16.5. The minimum absolute atomic E-state index is 0.294. The summed E-state index contributed by atoms with van der Waals surface area (Å²) in [5, 5.41) is 14.6. The first-order valence-corrected chi connectivity index (χ1v) is 7.08. The van der Waals surface area contributed by atoms with Crippen LogP contribution in [0, 0.1) is 0 Å². The highest BCUT2D eigenvalue weighted by Crippen LogP contribution is 2.23. The van der Waals surface area contributed by atoms with Crippen molar-refractivity contribution >= 4 is 11.7 Å². The minimum Gasteiger partial charge on any atom is -0.491 e. The highest BCUT2D eigenvalue weighted by molar-refractivity contribution is 5.90. The Morgan fingerprint density at radius 3 is 2.85 bits per heavy atom. The number of rotatable bonds is 8. The molecule has 5 nitrogen and oxygen atoms in total. The largest absolute Gasteiger partial charge is 0.491 e. The maximum absolute atomic E-state index is 11.7. The van der Waals surface area contributed by atoms with Crippen LogP contribution in [-0.2, 0) is 0 Å². The lowest BCUT2D eigenvalue weighted by molar-refractivity contribution is 0.184. The summed E-state index contributed by atoms with van der Waals surface area (Å²) < 4.78 is 5.64. The van der Waals surface area contributed by atoms with E-state index in [0.717, 1.165) is 12.8 Å². The Balaban J connectivity index is 2.47. The average molecular weight is 280 g/mol. The number of unbranched alkanes of at least 4 members (excludes halogenated alkanes) is 1. The molecule has 0 heterocycles. The van der Waals surface area contributed by atoms with Crippen LogP contribution in [0.4, 0.5) is 10.5 Å². The molecular formula is C15H24N2O3. The van der Waals surface area contributed by atoms with E-state index in [0.29, 0.717) is 31.0 Å². The third-order valence-corrected chi connectivity index (χ3v) is 2.74. The lowest BCUT2D eigenvalue weighted by Crippen LogP contribution is -2.31. The van der Waals surface area contributed by atoms with Gasteiger partial charge in [-0.2, -0.15) is 0 Å². The number of ether oxygens (including phenoxy) is 1. The molecule has 5 heteroatoms. The van der Waals surface area contributed by atoms with E-state index < -0.39 is 6.10 Å². The lowest BCUT2D eigenvalue weighted by atomic mass is 10.3. The number of anilines is 1. The van der Waals surface area contributed by atoms with Crippen molar-refractivity contribution < 1.29 is 14.6 Å². The third kappa shape index (κ3) is 6.43. The summed E-state index contributed by atoms with van der Waals surface area (Å²) >= 11 is 0. The van der Waals surface area contributed by atoms with Gasteiger partial charge in [-0.25, -0.2) is 4.79 Å². The van der Waals surface area contributed by atoms with Crippen molar-refractivity contribution in [1.82, 2.24) is 5.32 Å². The molecule has 20 heavy (non-hydrogen) atoms. The van der Waals surface area contributed by atoms with Gasteiger partial charge in [-0.05, 0) is 31.9 Å². The molecule has 0 aliphatic heterocycles. The topological polar surface area (TPSA) is 70.6 Å². The number of hydrogen-bond acceptors (Lipinski definition) is 3. The van der Waals surface area contributed by atoms with Crippen LogP contribution in [0.5, 0.6) is 5.75 Å². The first-order chi connectivity index (χ1) is 9.63. The summed E-state index contributed by atoms with van der Waals surface area (Å²) in [5.74, 6) is 0.673. The van der Waals surface area contributed by atoms with Crippen molar-refractivity contribution in [2.45, 2.75) is 39.2 Å². The molecule has 0 aliphatic rings. The highest BCUT2D eigenvalue weighted by Gasteiger charge is 2.07. The second-order valence-electron chi connectivity index (χ2n) is 4.72. The van der Waals surface area contributed by atoms with Crippen LogP contribution in [0.1, 0.15) is 33.1 Å². The Morgan fingerprint density at radius 2 is 2.15 bits per heavy atom. The predicted molar refractivity (Wildman–Crippen MR) is 80.2 cm³/mol. The standard InChI is InChI=1S/C15H24N2O3/c1-3-4-11-20-14-8-6-5-7-13(14)17-15(19)16-10-9-12(2)18/h5-8,12,18H,3-4,9-11H2,1-2H3,(H2,16,17,19). The fourth-order valence-corrected chi connectivity index (χ4v) is 1.58. The van der Waals surface area contributed by atoms with Crippen molar-refractivity contribution in [3.8, 4) is 5.75 Å². The normalized spacial score (nSPS) is 11.8. The molecule has 0 aromatic heterocycles. The maximum Gasteiger partial charge on any atom is 0.319 e. The Bertz CT molecular complexity index is 408. The van der Waals surface area contributed by atoms with Crippen LogP contribution in [0.2, 0.25) is 0 Å². The molecule has 1 atom stereocenters. The molecule has 3 N–H and O–H groups in total. The average Bonchev–Trinajstić information content (AvgIpc) is 2.40. The monoisotopic (exact) mass is 280 g/mol. The zero-order chi connectivity index (χ0) is 14.8. The van der Waals surface area contributed by atoms with Crippen molar-refractivity contribution in [2.24, 2.45) is 0 Å². The Kier molecular flexibility index (Phi) is 7.50. The summed E-state index contributed by atoms with van der Waals surface area (Å²) in [6.45, 7) is 4.86. The molecule has 1 aromatic rings. The number of para-hydroxylation sites is 2. The zero-order valence-corrected chi connectivity index (χ0v) is 12.2. The van der Waals surface area contributed by atoms with E-state index in [1.54, 1.807) is 13.0 Å². The van der Waals surface area contributed by atoms with Crippen molar-refractivity contribution in [3.05, 3.63) is 24.3 Å². The van der Waals surface area contributed by atoms with E-state index in [4.69, 9.17) is 9.84 Å². The number of benzene rings is 1. The molecule has 0 saturated heterocycles. The van der Waals surface area contributed by atoms with Crippen molar-refractivity contribution in [1.29, 1.82) is 0 Å². The van der Waals surface area contributed by atoms with E-state index in [-0.39, 0.29) is 6.03 Å². The smallest absolute Gasteiger partial charge is 0.319 e. The van der Waals surface area contributed by atoms with Gasteiger partial charge >= 0.3 is 6.03 Å². The number of amides is 2. The molecule has 1 unspecified atom stereocenters. The second-order valence-corrected chi connectivity index (χ2v) is 4.72. The minimum atomic E-state index is -0.417. The molecule has 0 bridgehead atoms. The Labute approximate surface area is 120 Å². The quantitative estimate of drug-likeness (QED) is 0.641. The van der Waals surface area contributed by atoms with Crippen LogP contribution in [0.25, 0.3) is 0 Å². The molecule has 0 saturated carbocycles. The summed E-state index contributed by atoms with van der Waals surface area (Å²) in [7, 11) is 0. The van der Waals surface area contributed by atoms with Gasteiger partial charge in [-0.1, -0.05) is 25.5 Å². The van der Waals surface area contributed by atoms with E-state index in [9.17, 15) is 4.79 Å². The van der Waals surface area contributed by atoms with Crippen molar-refractivity contribution in [2.75, 3.05) is 18.5 Å². The van der Waals surface area contributed by atoms with E-state index >= 15 is 0 Å². The molecule has 1 aromatic carbocycles. The lowest BCUT2D eigenvalue weighted by Gasteiger charge is -2.13. The molecule has 2 amide bonds. The molecular weight excluding hydrogens is 256 g/mol. The van der Waals surface area contributed by atoms with Gasteiger partial charge in [0.05, 0.1) is 18.4 Å². The summed E-state index contributed by atoms with van der Waals surface area (Å²) in [6.07, 6.45) is 2.16. The molecule has 112 valence electrons. The van der Waals surface area contributed by atoms with E-state index in [2.05, 4.69) is 17.6 Å². The van der Waals surface area contributed by atoms with Crippen LogP contribution in [0.15, 0.2) is 24.3 Å². The number of carbonyl (C=O) groups excluding carboxylic acids is 1. The van der Waals surface area contributed by atoms with Gasteiger partial charge in [0.1, 0.15) is 5.75 Å². The summed E-state index contributed by atoms with van der Waals surface area (Å²) in [6, 6.07) is 7.06. The van der Waals surface area contributed by atoms with Gasteiger partial charge in [0, 0.05) is 6.54 Å². The van der Waals surface area contributed by atoms with Gasteiger partial charge in [0.2, 0.25) is 0 Å². The number of aliphatic hydroxyl groups is 1. The number of urea groups is 1. The Morgan fingerprint density at radius 1 is 1.40 bits per heavy atom. The van der Waals surface area contributed by atoms with Crippen molar-refractivity contribution in [3.63, 3.8) is 0 Å². The Hall–Kier alpha value is -1.75. The fourth-order valence-electron chi connectivity index (χ4n) is 1.58.